The zero-order valence-electron chi connectivity index (χ0n) is 22.0. The highest BCUT2D eigenvalue weighted by molar-refractivity contribution is 6.31. The van der Waals surface area contributed by atoms with E-state index < -0.39 is 11.5 Å². The van der Waals surface area contributed by atoms with Gasteiger partial charge in [-0.2, -0.15) is 0 Å². The summed E-state index contributed by atoms with van der Waals surface area (Å²) in [6.07, 6.45) is 2.35. The number of fused-ring (bicyclic) bond motifs is 4. The van der Waals surface area contributed by atoms with E-state index in [1.165, 1.54) is 16.8 Å². The van der Waals surface area contributed by atoms with E-state index in [2.05, 4.69) is 75.4 Å². The van der Waals surface area contributed by atoms with E-state index in [-0.39, 0.29) is 12.0 Å². The van der Waals surface area contributed by atoms with Crippen molar-refractivity contribution < 1.29 is 9.90 Å². The molecule has 1 aromatic heterocycles. The summed E-state index contributed by atoms with van der Waals surface area (Å²) in [7, 11) is 0. The first-order chi connectivity index (χ1) is 19.5. The number of hydrogen-bond acceptors (Lipinski definition) is 3. The van der Waals surface area contributed by atoms with Crippen molar-refractivity contribution in [1.82, 2.24) is 9.88 Å². The van der Waals surface area contributed by atoms with Crippen LogP contribution in [0.2, 0.25) is 5.02 Å². The Morgan fingerprint density at radius 2 is 1.57 bits per heavy atom. The van der Waals surface area contributed by atoms with Crippen LogP contribution in [0.25, 0.3) is 10.9 Å². The lowest BCUT2D eigenvalue weighted by molar-refractivity contribution is -0.157. The topological polar surface area (TPSA) is 59.6 Å². The van der Waals surface area contributed by atoms with E-state index in [0.29, 0.717) is 24.5 Å². The van der Waals surface area contributed by atoms with Gasteiger partial charge in [-0.05, 0) is 41.3 Å². The summed E-state index contributed by atoms with van der Waals surface area (Å²) in [6.45, 7) is 1.93. The molecule has 7 rings (SSSR count). The lowest BCUT2D eigenvalue weighted by atomic mass is 9.72. The lowest BCUT2D eigenvalue weighted by Crippen LogP contribution is -2.61. The Hall–Kier alpha value is -4.06. The number of benzene rings is 4. The highest BCUT2D eigenvalue weighted by Crippen LogP contribution is 2.54. The molecule has 0 bridgehead atoms. The molecule has 3 heterocycles. The number of nitrogens with one attached hydrogen (secondary N) is 1. The molecule has 4 aromatic carbocycles. The standard InChI is InChI=1S/C34H30ClN3O2/c35-25-15-16-27-29(19-36-30(27)17-25)34(33(39)40)18-28-26-13-7-8-14-31(26)38(21-24-11-5-2-6-12-24)32(28)22-37(34)20-23-9-3-1-4-10-23/h1-17,19,28,32,36H,18,20-22H2,(H,39,40). The molecule has 200 valence electrons. The Kier molecular flexibility index (Phi) is 6.14. The van der Waals surface area contributed by atoms with Gasteiger partial charge < -0.3 is 15.0 Å². The molecule has 0 amide bonds. The van der Waals surface area contributed by atoms with Crippen LogP contribution in [0, 0.1) is 0 Å². The molecule has 0 saturated carbocycles. The second kappa shape index (κ2) is 9.84. The predicted molar refractivity (Wildman–Crippen MR) is 160 cm³/mol. The van der Waals surface area contributed by atoms with Crippen LogP contribution in [-0.2, 0) is 23.4 Å². The molecule has 2 aliphatic rings. The Labute approximate surface area is 238 Å². The number of aromatic nitrogens is 1. The molecule has 2 aliphatic heterocycles. The first-order valence-electron chi connectivity index (χ1n) is 13.7. The highest BCUT2D eigenvalue weighted by atomic mass is 35.5. The van der Waals surface area contributed by atoms with Crippen molar-refractivity contribution in [1.29, 1.82) is 0 Å². The number of nitrogens with zero attached hydrogens (tertiary/aromatic N) is 2. The van der Waals surface area contributed by atoms with Gasteiger partial charge in [-0.3, -0.25) is 4.90 Å². The van der Waals surface area contributed by atoms with Crippen LogP contribution in [0.15, 0.2) is 109 Å². The SMILES string of the molecule is O=C(O)C1(c2c[nH]c3cc(Cl)ccc23)CC2c3ccccc3N(Cc3ccccc3)C2CN1Cc1ccccc1. The summed E-state index contributed by atoms with van der Waals surface area (Å²) in [5, 5.41) is 12.7. The number of halogens is 1. The van der Waals surface area contributed by atoms with E-state index in [1.54, 1.807) is 0 Å². The number of carboxylic acids is 1. The van der Waals surface area contributed by atoms with Crippen molar-refractivity contribution in [2.75, 3.05) is 11.4 Å². The molecule has 2 N–H and O–H groups in total. The zero-order valence-corrected chi connectivity index (χ0v) is 22.8. The molecule has 6 heteroatoms. The zero-order chi connectivity index (χ0) is 27.3. The van der Waals surface area contributed by atoms with Gasteiger partial charge in [-0.15, -0.1) is 0 Å². The summed E-state index contributed by atoms with van der Waals surface area (Å²) in [6, 6.07) is 35.1. The number of hydrogen-bond donors (Lipinski definition) is 2. The number of para-hydroxylation sites is 1. The fourth-order valence-electron chi connectivity index (χ4n) is 7.01. The first kappa shape index (κ1) is 24.9. The highest BCUT2D eigenvalue weighted by Gasteiger charge is 2.57. The molecule has 0 spiro atoms. The van der Waals surface area contributed by atoms with Crippen LogP contribution >= 0.6 is 11.6 Å². The molecule has 5 nitrogen and oxygen atoms in total. The summed E-state index contributed by atoms with van der Waals surface area (Å²) in [5.74, 6) is -0.753. The molecular weight excluding hydrogens is 518 g/mol. The van der Waals surface area contributed by atoms with Gasteiger partial charge in [-0.25, -0.2) is 4.79 Å². The van der Waals surface area contributed by atoms with E-state index in [1.807, 2.05) is 48.7 Å². The van der Waals surface area contributed by atoms with Crippen molar-refractivity contribution in [2.24, 2.45) is 0 Å². The summed E-state index contributed by atoms with van der Waals surface area (Å²) >= 11 is 6.31. The first-order valence-corrected chi connectivity index (χ1v) is 14.1. The number of likely N-dealkylation sites (tertiary alicyclic amines) is 1. The van der Waals surface area contributed by atoms with Crippen LogP contribution in [0.4, 0.5) is 5.69 Å². The molecule has 1 saturated heterocycles. The van der Waals surface area contributed by atoms with E-state index >= 15 is 0 Å². The maximum atomic E-state index is 13.7. The van der Waals surface area contributed by atoms with Crippen molar-refractivity contribution in [2.45, 2.75) is 37.0 Å². The predicted octanol–water partition coefficient (Wildman–Crippen LogP) is 7.18. The van der Waals surface area contributed by atoms with Crippen LogP contribution < -0.4 is 4.90 Å². The van der Waals surface area contributed by atoms with E-state index in [4.69, 9.17) is 11.6 Å². The Balaban J connectivity index is 1.39. The Morgan fingerprint density at radius 3 is 2.30 bits per heavy atom. The number of carbonyl (C=O) groups is 1. The number of piperidine rings is 1. The summed E-state index contributed by atoms with van der Waals surface area (Å²) in [4.78, 5) is 21.7. The summed E-state index contributed by atoms with van der Waals surface area (Å²) in [5.41, 5.74) is 5.20. The molecule has 3 unspecified atom stereocenters. The van der Waals surface area contributed by atoms with Crippen LogP contribution in [-0.4, -0.2) is 33.5 Å². The normalized spacial score (nSPS) is 22.3. The Bertz CT molecular complexity index is 1690. The third kappa shape index (κ3) is 4.00. The average Bonchev–Trinajstić information content (AvgIpc) is 3.52. The van der Waals surface area contributed by atoms with E-state index in [0.717, 1.165) is 28.6 Å². The van der Waals surface area contributed by atoms with Crippen LogP contribution in [0.1, 0.15) is 34.6 Å². The van der Waals surface area contributed by atoms with Crippen molar-refractivity contribution in [3.63, 3.8) is 0 Å². The quantitative estimate of drug-likeness (QED) is 0.236. The third-order valence-electron chi connectivity index (χ3n) is 8.83. The number of aliphatic carboxylic acids is 1. The minimum absolute atomic E-state index is 0.0697. The van der Waals surface area contributed by atoms with Gasteiger partial charge in [0.25, 0.3) is 0 Å². The van der Waals surface area contributed by atoms with Gasteiger partial charge in [0.05, 0.1) is 0 Å². The van der Waals surface area contributed by atoms with Gasteiger partial charge in [-0.1, -0.05) is 96.5 Å². The van der Waals surface area contributed by atoms with Crippen molar-refractivity contribution in [3.05, 3.63) is 137 Å². The van der Waals surface area contributed by atoms with Gasteiger partial charge >= 0.3 is 5.97 Å². The molecule has 3 atom stereocenters. The second-order valence-corrected chi connectivity index (χ2v) is 11.4. The van der Waals surface area contributed by atoms with Gasteiger partial charge in [0.1, 0.15) is 5.54 Å². The molecule has 40 heavy (non-hydrogen) atoms. The number of carboxylic acid groups (broad SMARTS) is 1. The minimum atomic E-state index is -1.22. The second-order valence-electron chi connectivity index (χ2n) is 11.0. The molecule has 5 aromatic rings. The third-order valence-corrected chi connectivity index (χ3v) is 9.06. The molecule has 0 radical (unpaired) electrons. The molecule has 0 aliphatic carbocycles. The van der Waals surface area contributed by atoms with Gasteiger partial charge in [0.15, 0.2) is 0 Å². The maximum Gasteiger partial charge on any atom is 0.328 e. The minimum Gasteiger partial charge on any atom is -0.480 e. The smallest absolute Gasteiger partial charge is 0.328 e. The number of H-pyrrole nitrogens is 1. The number of anilines is 1. The fraction of sp³-hybridized carbons (Fsp3) is 0.206. The molecular formula is C34H30ClN3O2. The average molecular weight is 548 g/mol. The van der Waals surface area contributed by atoms with Gasteiger partial charge in [0.2, 0.25) is 0 Å². The van der Waals surface area contributed by atoms with Crippen LogP contribution in [0.3, 0.4) is 0 Å². The van der Waals surface area contributed by atoms with Crippen molar-refractivity contribution in [3.8, 4) is 0 Å². The monoisotopic (exact) mass is 547 g/mol. The molecule has 1 fully saturated rings. The Morgan fingerprint density at radius 1 is 0.900 bits per heavy atom. The van der Waals surface area contributed by atoms with Gasteiger partial charge in [0, 0.05) is 65.0 Å². The van der Waals surface area contributed by atoms with E-state index in [9.17, 15) is 9.90 Å². The number of rotatable bonds is 6. The summed E-state index contributed by atoms with van der Waals surface area (Å²) < 4.78 is 0. The maximum absolute atomic E-state index is 13.7. The van der Waals surface area contributed by atoms with Crippen molar-refractivity contribution >= 4 is 34.2 Å². The number of aromatic amines is 1. The fourth-order valence-corrected chi connectivity index (χ4v) is 7.18. The largest absolute Gasteiger partial charge is 0.480 e. The van der Waals surface area contributed by atoms with Crippen LogP contribution in [0.5, 0.6) is 0 Å². The lowest BCUT2D eigenvalue weighted by Gasteiger charge is -2.50.